The van der Waals surface area contributed by atoms with Crippen LogP contribution >= 0.6 is 28.1 Å². The predicted molar refractivity (Wildman–Crippen MR) is 104 cm³/mol. The molecule has 2 aromatic heterocycles. The van der Waals surface area contributed by atoms with Gasteiger partial charge in [-0.3, -0.25) is 14.3 Å². The lowest BCUT2D eigenvalue weighted by atomic mass is 10.1. The number of nitrogens with one attached hydrogen (secondary N) is 1. The van der Waals surface area contributed by atoms with Crippen molar-refractivity contribution in [3.63, 3.8) is 0 Å². The van der Waals surface area contributed by atoms with Crippen molar-refractivity contribution < 1.29 is 8.78 Å². The quantitative estimate of drug-likeness (QED) is 0.523. The number of aromatic nitrogens is 3. The average Bonchev–Trinajstić information content (AvgIpc) is 2.60. The van der Waals surface area contributed by atoms with E-state index in [0.717, 1.165) is 4.47 Å². The van der Waals surface area contributed by atoms with Gasteiger partial charge in [-0.05, 0) is 43.8 Å². The number of benzene rings is 1. The maximum absolute atomic E-state index is 13.7. The van der Waals surface area contributed by atoms with E-state index in [9.17, 15) is 13.6 Å². The van der Waals surface area contributed by atoms with E-state index < -0.39 is 12.0 Å². The molecule has 136 valence electrons. The number of alkyl halides is 2. The maximum atomic E-state index is 13.7. The van der Waals surface area contributed by atoms with Gasteiger partial charge in [-0.1, -0.05) is 35.0 Å². The van der Waals surface area contributed by atoms with Crippen LogP contribution in [-0.4, -0.2) is 14.5 Å². The van der Waals surface area contributed by atoms with Gasteiger partial charge in [-0.2, -0.15) is 0 Å². The van der Waals surface area contributed by atoms with Crippen molar-refractivity contribution >= 4 is 39.2 Å². The summed E-state index contributed by atoms with van der Waals surface area (Å²) in [7, 11) is 0. The first-order valence-corrected chi connectivity index (χ1v) is 9.27. The molecule has 3 aromatic rings. The number of nitrogens with zero attached hydrogens (tertiary/aromatic N) is 2. The molecule has 0 fully saturated rings. The molecule has 0 spiro atoms. The number of H-pyrrole nitrogens is 1. The van der Waals surface area contributed by atoms with Crippen LogP contribution in [0.3, 0.4) is 0 Å². The summed E-state index contributed by atoms with van der Waals surface area (Å²) in [6, 6.07) is 8.35. The highest BCUT2D eigenvalue weighted by Gasteiger charge is 2.21. The van der Waals surface area contributed by atoms with Crippen LogP contribution in [0.15, 0.2) is 39.6 Å². The van der Waals surface area contributed by atoms with Crippen molar-refractivity contribution in [2.24, 2.45) is 0 Å². The fourth-order valence-electron chi connectivity index (χ4n) is 2.81. The third kappa shape index (κ3) is 3.35. The lowest BCUT2D eigenvalue weighted by Crippen LogP contribution is -2.19. The van der Waals surface area contributed by atoms with E-state index in [0.29, 0.717) is 17.7 Å². The second kappa shape index (κ2) is 7.36. The zero-order valence-corrected chi connectivity index (χ0v) is 16.5. The van der Waals surface area contributed by atoms with Crippen LogP contribution < -0.4 is 5.56 Å². The molecule has 8 heteroatoms. The van der Waals surface area contributed by atoms with Gasteiger partial charge >= 0.3 is 0 Å². The highest BCUT2D eigenvalue weighted by Crippen LogP contribution is 2.31. The topological polar surface area (TPSA) is 50.7 Å². The highest BCUT2D eigenvalue weighted by atomic mass is 79.9. The normalized spacial score (nSPS) is 12.7. The van der Waals surface area contributed by atoms with Crippen LogP contribution in [-0.2, 0) is 0 Å². The van der Waals surface area contributed by atoms with Crippen LogP contribution in [0.4, 0.5) is 8.78 Å². The minimum atomic E-state index is -2.81. The third-order valence-corrected chi connectivity index (χ3v) is 5.16. The fraction of sp³-hybridized carbons (Fsp3) is 0.278. The number of aromatic amines is 1. The highest BCUT2D eigenvalue weighted by molar-refractivity contribution is 9.10. The van der Waals surface area contributed by atoms with Crippen LogP contribution in [0.1, 0.15) is 38.3 Å². The largest absolute Gasteiger partial charge is 0.300 e. The molecule has 1 aromatic carbocycles. The monoisotopic (exact) mass is 439 g/mol. The predicted octanol–water partition coefficient (Wildman–Crippen LogP) is 5.79. The standard InChI is InChI=1S/C18H16BrF2N3OS/c1-3-9(2)24-16-14(17(25)23-18(24)26)12(15(20)21)8-13(22-16)10-4-6-11(19)7-5-10/h4-9,15H,3H2,1-2H3,(H,23,25,26). The minimum Gasteiger partial charge on any atom is -0.300 e. The van der Waals surface area contributed by atoms with E-state index in [-0.39, 0.29) is 27.4 Å². The number of hydrogen-bond acceptors (Lipinski definition) is 3. The van der Waals surface area contributed by atoms with E-state index in [2.05, 4.69) is 25.9 Å². The van der Waals surface area contributed by atoms with Crippen molar-refractivity contribution in [1.29, 1.82) is 0 Å². The molecule has 0 saturated heterocycles. The molecule has 1 unspecified atom stereocenters. The molecule has 3 rings (SSSR count). The Morgan fingerprint density at radius 3 is 2.54 bits per heavy atom. The zero-order valence-electron chi connectivity index (χ0n) is 14.1. The van der Waals surface area contributed by atoms with Crippen LogP contribution in [0.5, 0.6) is 0 Å². The average molecular weight is 440 g/mol. The molecule has 26 heavy (non-hydrogen) atoms. The number of hydrogen-bond donors (Lipinski definition) is 1. The summed E-state index contributed by atoms with van der Waals surface area (Å²) in [5.41, 5.74) is 0.246. The van der Waals surface area contributed by atoms with Gasteiger partial charge < -0.3 is 0 Å². The number of fused-ring (bicyclic) bond motifs is 1. The summed E-state index contributed by atoms with van der Waals surface area (Å²) in [4.78, 5) is 19.4. The minimum absolute atomic E-state index is 0.0972. The molecular formula is C18H16BrF2N3OS. The van der Waals surface area contributed by atoms with Gasteiger partial charge in [0.05, 0.1) is 11.1 Å². The van der Waals surface area contributed by atoms with Crippen molar-refractivity contribution in [3.05, 3.63) is 55.5 Å². The van der Waals surface area contributed by atoms with E-state index in [1.54, 1.807) is 16.7 Å². The van der Waals surface area contributed by atoms with E-state index in [1.807, 2.05) is 26.0 Å². The number of halogens is 3. The number of pyridine rings is 1. The summed E-state index contributed by atoms with van der Waals surface area (Å²) >= 11 is 8.62. The lowest BCUT2D eigenvalue weighted by Gasteiger charge is -2.18. The van der Waals surface area contributed by atoms with Crippen LogP contribution in [0, 0.1) is 4.77 Å². The molecule has 0 aliphatic rings. The van der Waals surface area contributed by atoms with E-state index >= 15 is 0 Å². The van der Waals surface area contributed by atoms with Gasteiger partial charge in [0.15, 0.2) is 4.77 Å². The Labute approximate surface area is 162 Å². The Kier molecular flexibility index (Phi) is 5.34. The van der Waals surface area contributed by atoms with Gasteiger partial charge in [-0.25, -0.2) is 13.8 Å². The van der Waals surface area contributed by atoms with Crippen molar-refractivity contribution in [3.8, 4) is 11.3 Å². The van der Waals surface area contributed by atoms with Crippen LogP contribution in [0.2, 0.25) is 0 Å². The molecule has 0 aliphatic carbocycles. The first kappa shape index (κ1) is 18.8. The molecule has 4 nitrogen and oxygen atoms in total. The summed E-state index contributed by atoms with van der Waals surface area (Å²) in [5.74, 6) is 0. The lowest BCUT2D eigenvalue weighted by molar-refractivity contribution is 0.153. The van der Waals surface area contributed by atoms with Crippen molar-refractivity contribution in [2.45, 2.75) is 32.7 Å². The van der Waals surface area contributed by atoms with Crippen LogP contribution in [0.25, 0.3) is 22.3 Å². The molecule has 1 N–H and O–H groups in total. The Balaban J connectivity index is 2.45. The molecule has 0 saturated carbocycles. The second-order valence-electron chi connectivity index (χ2n) is 5.99. The van der Waals surface area contributed by atoms with Gasteiger partial charge in [0, 0.05) is 21.6 Å². The summed E-state index contributed by atoms with van der Waals surface area (Å²) in [6.07, 6.45) is -2.10. The Morgan fingerprint density at radius 2 is 1.96 bits per heavy atom. The fourth-order valence-corrected chi connectivity index (χ4v) is 3.43. The molecule has 2 heterocycles. The molecule has 0 radical (unpaired) electrons. The smallest absolute Gasteiger partial charge is 0.264 e. The Hall–Kier alpha value is -1.93. The summed E-state index contributed by atoms with van der Waals surface area (Å²) in [6.45, 7) is 3.86. The maximum Gasteiger partial charge on any atom is 0.264 e. The third-order valence-electron chi connectivity index (χ3n) is 4.33. The summed E-state index contributed by atoms with van der Waals surface area (Å²) < 4.78 is 30.1. The van der Waals surface area contributed by atoms with Gasteiger partial charge in [-0.15, -0.1) is 0 Å². The Bertz CT molecular complexity index is 1080. The van der Waals surface area contributed by atoms with Crippen molar-refractivity contribution in [1.82, 2.24) is 14.5 Å². The van der Waals surface area contributed by atoms with E-state index in [1.165, 1.54) is 6.07 Å². The molecular weight excluding hydrogens is 424 g/mol. The zero-order chi connectivity index (χ0) is 19.0. The number of rotatable bonds is 4. The van der Waals surface area contributed by atoms with Gasteiger partial charge in [0.1, 0.15) is 5.65 Å². The first-order chi connectivity index (χ1) is 12.3. The second-order valence-corrected chi connectivity index (χ2v) is 7.29. The Morgan fingerprint density at radius 1 is 1.31 bits per heavy atom. The van der Waals surface area contributed by atoms with E-state index in [4.69, 9.17) is 12.2 Å². The first-order valence-electron chi connectivity index (χ1n) is 8.07. The summed E-state index contributed by atoms with van der Waals surface area (Å²) in [5, 5.41) is -0.116. The molecule has 1 atom stereocenters. The van der Waals surface area contributed by atoms with Gasteiger partial charge in [0.2, 0.25) is 0 Å². The molecule has 0 aliphatic heterocycles. The molecule has 0 amide bonds. The van der Waals surface area contributed by atoms with Crippen molar-refractivity contribution in [2.75, 3.05) is 0 Å². The van der Waals surface area contributed by atoms with Gasteiger partial charge in [0.25, 0.3) is 12.0 Å². The molecule has 0 bridgehead atoms. The SMILES string of the molecule is CCC(C)n1c(=S)[nH]c(=O)c2c(C(F)F)cc(-c3ccc(Br)cc3)nc21.